The third-order valence-electron chi connectivity index (χ3n) is 2.52. The van der Waals surface area contributed by atoms with Crippen LogP contribution in [0, 0.1) is 5.41 Å². The van der Waals surface area contributed by atoms with Crippen LogP contribution in [0.15, 0.2) is 0 Å². The van der Waals surface area contributed by atoms with Crippen molar-refractivity contribution < 1.29 is 8.42 Å². The number of hydrogen-bond donors (Lipinski definition) is 1. The van der Waals surface area contributed by atoms with Crippen molar-refractivity contribution in [2.75, 3.05) is 11.5 Å². The Morgan fingerprint density at radius 2 is 1.79 bits per heavy atom. The maximum absolute atomic E-state index is 11.2. The maximum Gasteiger partial charge on any atom is 0.150 e. The zero-order chi connectivity index (χ0) is 11.4. The quantitative estimate of drug-likeness (QED) is 0.766. The van der Waals surface area contributed by atoms with E-state index < -0.39 is 9.84 Å². The molecule has 14 heavy (non-hydrogen) atoms. The Bertz CT molecular complexity index is 252. The van der Waals surface area contributed by atoms with E-state index in [0.717, 1.165) is 6.42 Å². The predicted molar refractivity (Wildman–Crippen MR) is 61.0 cm³/mol. The van der Waals surface area contributed by atoms with Crippen LogP contribution in [0.5, 0.6) is 0 Å². The summed E-state index contributed by atoms with van der Waals surface area (Å²) in [4.78, 5) is 0. The van der Waals surface area contributed by atoms with E-state index in [-0.39, 0.29) is 23.0 Å². The van der Waals surface area contributed by atoms with Gasteiger partial charge in [0.1, 0.15) is 9.84 Å². The van der Waals surface area contributed by atoms with Crippen LogP contribution >= 0.6 is 0 Å². The summed E-state index contributed by atoms with van der Waals surface area (Å²) in [5.74, 6) is 0.505. The van der Waals surface area contributed by atoms with Gasteiger partial charge in [-0.25, -0.2) is 8.42 Å². The summed E-state index contributed by atoms with van der Waals surface area (Å²) in [6, 6.07) is 0.0783. The molecule has 0 aromatic rings. The molecular weight excluding hydrogens is 198 g/mol. The standard InChI is InChI=1S/C10H23NO2S/c1-5-14(12,13)8-6-7-9(11)10(2,3)4/h9H,5-8,11H2,1-4H3. The molecular formula is C10H23NO2S. The van der Waals surface area contributed by atoms with Crippen molar-refractivity contribution in [1.82, 2.24) is 0 Å². The van der Waals surface area contributed by atoms with Crippen LogP contribution in [-0.2, 0) is 9.84 Å². The lowest BCUT2D eigenvalue weighted by molar-refractivity contribution is 0.304. The van der Waals surface area contributed by atoms with Gasteiger partial charge in [-0.15, -0.1) is 0 Å². The van der Waals surface area contributed by atoms with Crippen molar-refractivity contribution in [2.24, 2.45) is 11.1 Å². The van der Waals surface area contributed by atoms with E-state index in [2.05, 4.69) is 20.8 Å². The number of rotatable bonds is 5. The molecule has 0 rings (SSSR count). The monoisotopic (exact) mass is 221 g/mol. The van der Waals surface area contributed by atoms with Crippen molar-refractivity contribution >= 4 is 9.84 Å². The summed E-state index contributed by atoms with van der Waals surface area (Å²) >= 11 is 0. The molecule has 0 saturated carbocycles. The molecule has 0 aliphatic carbocycles. The summed E-state index contributed by atoms with van der Waals surface area (Å²) in [5.41, 5.74) is 5.99. The summed E-state index contributed by atoms with van der Waals surface area (Å²) < 4.78 is 22.4. The Kier molecular flexibility index (Phi) is 5.09. The highest BCUT2D eigenvalue weighted by Gasteiger charge is 2.20. The molecule has 0 heterocycles. The molecule has 0 aromatic carbocycles. The lowest BCUT2D eigenvalue weighted by Gasteiger charge is -2.26. The molecule has 0 amide bonds. The van der Waals surface area contributed by atoms with Crippen LogP contribution in [0.25, 0.3) is 0 Å². The highest BCUT2D eigenvalue weighted by Crippen LogP contribution is 2.20. The lowest BCUT2D eigenvalue weighted by Crippen LogP contribution is -2.35. The van der Waals surface area contributed by atoms with Crippen molar-refractivity contribution in [1.29, 1.82) is 0 Å². The summed E-state index contributed by atoms with van der Waals surface area (Å²) in [6.45, 7) is 7.91. The Morgan fingerprint density at radius 3 is 2.14 bits per heavy atom. The van der Waals surface area contributed by atoms with Crippen LogP contribution in [0.3, 0.4) is 0 Å². The SMILES string of the molecule is CCS(=O)(=O)CCCC(N)C(C)(C)C. The first-order chi connectivity index (χ1) is 6.19. The summed E-state index contributed by atoms with van der Waals surface area (Å²) in [5, 5.41) is 0. The van der Waals surface area contributed by atoms with E-state index in [1.54, 1.807) is 6.92 Å². The van der Waals surface area contributed by atoms with Crippen LogP contribution in [0.4, 0.5) is 0 Å². The van der Waals surface area contributed by atoms with Gasteiger partial charge in [0, 0.05) is 11.8 Å². The molecule has 0 saturated heterocycles. The number of nitrogens with two attached hydrogens (primary N) is 1. The molecule has 0 radical (unpaired) electrons. The number of hydrogen-bond acceptors (Lipinski definition) is 3. The van der Waals surface area contributed by atoms with Gasteiger partial charge in [0.2, 0.25) is 0 Å². The Balaban J connectivity index is 3.87. The van der Waals surface area contributed by atoms with E-state index in [0.29, 0.717) is 6.42 Å². The van der Waals surface area contributed by atoms with Gasteiger partial charge in [-0.2, -0.15) is 0 Å². The van der Waals surface area contributed by atoms with E-state index in [1.807, 2.05) is 0 Å². The van der Waals surface area contributed by atoms with Crippen LogP contribution in [-0.4, -0.2) is 26.0 Å². The molecule has 86 valence electrons. The Morgan fingerprint density at radius 1 is 1.29 bits per heavy atom. The van der Waals surface area contributed by atoms with Crippen LogP contribution in [0.1, 0.15) is 40.5 Å². The van der Waals surface area contributed by atoms with Crippen molar-refractivity contribution in [3.8, 4) is 0 Å². The van der Waals surface area contributed by atoms with E-state index in [1.165, 1.54) is 0 Å². The fraction of sp³-hybridized carbons (Fsp3) is 1.00. The molecule has 1 atom stereocenters. The zero-order valence-electron chi connectivity index (χ0n) is 9.71. The normalized spacial score (nSPS) is 15.5. The molecule has 0 fully saturated rings. The van der Waals surface area contributed by atoms with Gasteiger partial charge < -0.3 is 5.73 Å². The molecule has 0 aromatic heterocycles. The van der Waals surface area contributed by atoms with Crippen LogP contribution < -0.4 is 5.73 Å². The highest BCUT2D eigenvalue weighted by molar-refractivity contribution is 7.91. The minimum atomic E-state index is -2.82. The molecule has 0 aliphatic rings. The Labute approximate surface area is 88.0 Å². The van der Waals surface area contributed by atoms with Crippen molar-refractivity contribution in [3.05, 3.63) is 0 Å². The minimum Gasteiger partial charge on any atom is -0.327 e. The fourth-order valence-electron chi connectivity index (χ4n) is 1.10. The molecule has 0 spiro atoms. The molecule has 3 nitrogen and oxygen atoms in total. The van der Waals surface area contributed by atoms with Gasteiger partial charge in [-0.05, 0) is 18.3 Å². The third-order valence-corrected chi connectivity index (χ3v) is 4.31. The smallest absolute Gasteiger partial charge is 0.150 e. The van der Waals surface area contributed by atoms with E-state index in [4.69, 9.17) is 5.73 Å². The summed E-state index contributed by atoms with van der Waals surface area (Å²) in [7, 11) is -2.82. The number of sulfone groups is 1. The topological polar surface area (TPSA) is 60.2 Å². The van der Waals surface area contributed by atoms with Gasteiger partial charge in [0.15, 0.2) is 0 Å². The molecule has 1 unspecified atom stereocenters. The van der Waals surface area contributed by atoms with E-state index in [9.17, 15) is 8.42 Å². The molecule has 0 bridgehead atoms. The van der Waals surface area contributed by atoms with Gasteiger partial charge >= 0.3 is 0 Å². The highest BCUT2D eigenvalue weighted by atomic mass is 32.2. The first-order valence-electron chi connectivity index (χ1n) is 5.15. The maximum atomic E-state index is 11.2. The van der Waals surface area contributed by atoms with Gasteiger partial charge in [0.25, 0.3) is 0 Å². The average Bonchev–Trinajstić information content (AvgIpc) is 2.02. The predicted octanol–water partition coefficient (Wildman–Crippen LogP) is 1.57. The van der Waals surface area contributed by atoms with Gasteiger partial charge in [-0.1, -0.05) is 27.7 Å². The molecule has 2 N–H and O–H groups in total. The zero-order valence-corrected chi connectivity index (χ0v) is 10.5. The molecule has 0 aliphatic heterocycles. The summed E-state index contributed by atoms with van der Waals surface area (Å²) in [6.07, 6.45) is 1.46. The fourth-order valence-corrected chi connectivity index (χ4v) is 2.00. The van der Waals surface area contributed by atoms with Crippen LogP contribution in [0.2, 0.25) is 0 Å². The second kappa shape index (κ2) is 5.12. The first kappa shape index (κ1) is 13.9. The van der Waals surface area contributed by atoms with Crippen molar-refractivity contribution in [2.45, 2.75) is 46.6 Å². The van der Waals surface area contributed by atoms with Crippen molar-refractivity contribution in [3.63, 3.8) is 0 Å². The average molecular weight is 221 g/mol. The second-order valence-electron chi connectivity index (χ2n) is 4.85. The lowest BCUT2D eigenvalue weighted by atomic mass is 9.85. The largest absolute Gasteiger partial charge is 0.327 e. The third kappa shape index (κ3) is 5.60. The first-order valence-corrected chi connectivity index (χ1v) is 6.97. The Hall–Kier alpha value is -0.0900. The molecule has 4 heteroatoms. The second-order valence-corrected chi connectivity index (χ2v) is 7.32. The van der Waals surface area contributed by atoms with Gasteiger partial charge in [0.05, 0.1) is 5.75 Å². The van der Waals surface area contributed by atoms with E-state index >= 15 is 0 Å². The van der Waals surface area contributed by atoms with Gasteiger partial charge in [-0.3, -0.25) is 0 Å². The minimum absolute atomic E-state index is 0.0655.